The zero-order valence-corrected chi connectivity index (χ0v) is 12.6. The summed E-state index contributed by atoms with van der Waals surface area (Å²) in [5.74, 6) is 0.696. The molecule has 2 aliphatic heterocycles. The lowest BCUT2D eigenvalue weighted by atomic mass is 9.98. The molecule has 0 atom stereocenters. The van der Waals surface area contributed by atoms with Crippen LogP contribution in [0.2, 0.25) is 0 Å². The average molecular weight is 326 g/mol. The number of hydrogen-bond acceptors (Lipinski definition) is 6. The molecule has 122 valence electrons. The lowest BCUT2D eigenvalue weighted by Crippen LogP contribution is -2.54. The molecule has 2 aliphatic rings. The van der Waals surface area contributed by atoms with E-state index in [1.54, 1.807) is 23.1 Å². The second-order valence-corrected chi connectivity index (χ2v) is 5.56. The standard InChI is InChI=1S/C16H14N4O4/c21-15(19-11-1-2-13-14(5-11)24-9-23-13)10-7-20(8-10)16(22)12-6-17-3-4-18-12/h1-6,10H,7-9H2,(H,19,21). The van der Waals surface area contributed by atoms with Gasteiger partial charge in [0.15, 0.2) is 11.5 Å². The van der Waals surface area contributed by atoms with Crippen LogP contribution in [0.4, 0.5) is 5.69 Å². The van der Waals surface area contributed by atoms with E-state index < -0.39 is 0 Å². The summed E-state index contributed by atoms with van der Waals surface area (Å²) in [5.41, 5.74) is 0.926. The van der Waals surface area contributed by atoms with Gasteiger partial charge in [-0.05, 0) is 12.1 Å². The summed E-state index contributed by atoms with van der Waals surface area (Å²) >= 11 is 0. The van der Waals surface area contributed by atoms with Crippen molar-refractivity contribution in [2.45, 2.75) is 0 Å². The van der Waals surface area contributed by atoms with Crippen LogP contribution in [0.5, 0.6) is 11.5 Å². The fourth-order valence-corrected chi connectivity index (χ4v) is 2.60. The first-order valence-corrected chi connectivity index (χ1v) is 7.46. The highest BCUT2D eigenvalue weighted by Gasteiger charge is 2.36. The van der Waals surface area contributed by atoms with E-state index in [4.69, 9.17) is 9.47 Å². The highest BCUT2D eigenvalue weighted by atomic mass is 16.7. The lowest BCUT2D eigenvalue weighted by Gasteiger charge is -2.37. The van der Waals surface area contributed by atoms with Crippen molar-refractivity contribution in [1.82, 2.24) is 14.9 Å². The van der Waals surface area contributed by atoms with Gasteiger partial charge in [-0.15, -0.1) is 0 Å². The maximum Gasteiger partial charge on any atom is 0.274 e. The van der Waals surface area contributed by atoms with Gasteiger partial charge >= 0.3 is 0 Å². The largest absolute Gasteiger partial charge is 0.454 e. The summed E-state index contributed by atoms with van der Waals surface area (Å²) in [7, 11) is 0. The van der Waals surface area contributed by atoms with Crippen molar-refractivity contribution in [3.8, 4) is 11.5 Å². The number of amides is 2. The Kier molecular flexibility index (Phi) is 3.49. The number of nitrogens with one attached hydrogen (secondary N) is 1. The minimum absolute atomic E-state index is 0.128. The van der Waals surface area contributed by atoms with Gasteiger partial charge < -0.3 is 19.7 Å². The number of ether oxygens (including phenoxy) is 2. The maximum atomic E-state index is 12.3. The molecule has 1 aromatic carbocycles. The van der Waals surface area contributed by atoms with Crippen molar-refractivity contribution < 1.29 is 19.1 Å². The molecule has 3 heterocycles. The van der Waals surface area contributed by atoms with Crippen molar-refractivity contribution in [2.75, 3.05) is 25.2 Å². The van der Waals surface area contributed by atoms with Gasteiger partial charge in [-0.1, -0.05) is 0 Å². The van der Waals surface area contributed by atoms with Crippen LogP contribution in [-0.2, 0) is 4.79 Å². The van der Waals surface area contributed by atoms with E-state index in [2.05, 4.69) is 15.3 Å². The molecule has 1 saturated heterocycles. The monoisotopic (exact) mass is 326 g/mol. The van der Waals surface area contributed by atoms with Crippen LogP contribution in [0.25, 0.3) is 0 Å². The number of likely N-dealkylation sites (tertiary alicyclic amines) is 1. The third-order valence-electron chi connectivity index (χ3n) is 3.96. The lowest BCUT2D eigenvalue weighted by molar-refractivity contribution is -0.123. The fourth-order valence-electron chi connectivity index (χ4n) is 2.60. The van der Waals surface area contributed by atoms with Crippen LogP contribution in [0.15, 0.2) is 36.8 Å². The van der Waals surface area contributed by atoms with Gasteiger partial charge in [0.2, 0.25) is 12.7 Å². The van der Waals surface area contributed by atoms with Crippen molar-refractivity contribution >= 4 is 17.5 Å². The number of carbonyl (C=O) groups excluding carboxylic acids is 2. The Morgan fingerprint density at radius 3 is 2.79 bits per heavy atom. The molecule has 0 saturated carbocycles. The summed E-state index contributed by atoms with van der Waals surface area (Å²) in [4.78, 5) is 33.8. The first-order chi connectivity index (χ1) is 11.7. The van der Waals surface area contributed by atoms with E-state index in [1.807, 2.05) is 0 Å². The second-order valence-electron chi connectivity index (χ2n) is 5.56. The summed E-state index contributed by atoms with van der Waals surface area (Å²) in [5, 5.41) is 2.83. The second kappa shape index (κ2) is 5.80. The van der Waals surface area contributed by atoms with Crippen molar-refractivity contribution in [3.05, 3.63) is 42.5 Å². The number of anilines is 1. The molecule has 8 nitrogen and oxygen atoms in total. The summed E-state index contributed by atoms with van der Waals surface area (Å²) in [6, 6.07) is 5.23. The Bertz CT molecular complexity index is 790. The molecule has 2 amide bonds. The van der Waals surface area contributed by atoms with Crippen molar-refractivity contribution in [1.29, 1.82) is 0 Å². The predicted octanol–water partition coefficient (Wildman–Crippen LogP) is 0.916. The van der Waals surface area contributed by atoms with E-state index >= 15 is 0 Å². The summed E-state index contributed by atoms with van der Waals surface area (Å²) in [6.45, 7) is 0.923. The molecule has 24 heavy (non-hydrogen) atoms. The number of carbonyl (C=O) groups is 2. The summed E-state index contributed by atoms with van der Waals surface area (Å²) in [6.07, 6.45) is 4.40. The molecule has 0 aliphatic carbocycles. The number of nitrogens with zero attached hydrogens (tertiary/aromatic N) is 3. The highest BCUT2D eigenvalue weighted by molar-refractivity contribution is 5.97. The first kappa shape index (κ1) is 14.4. The molecule has 8 heteroatoms. The predicted molar refractivity (Wildman–Crippen MR) is 82.6 cm³/mol. The van der Waals surface area contributed by atoms with Gasteiger partial charge in [0, 0.05) is 37.2 Å². The Hall–Kier alpha value is -3.16. The van der Waals surface area contributed by atoms with Gasteiger partial charge in [0.1, 0.15) is 5.69 Å². The molecule has 0 spiro atoms. The molecular weight excluding hydrogens is 312 g/mol. The number of benzene rings is 1. The third-order valence-corrected chi connectivity index (χ3v) is 3.96. The molecule has 1 aromatic heterocycles. The van der Waals surface area contributed by atoms with E-state index in [-0.39, 0.29) is 30.2 Å². The van der Waals surface area contributed by atoms with Gasteiger partial charge in [0.05, 0.1) is 12.1 Å². The third kappa shape index (κ3) is 2.62. The van der Waals surface area contributed by atoms with Crippen LogP contribution in [0.1, 0.15) is 10.5 Å². The molecular formula is C16H14N4O4. The fraction of sp³-hybridized carbons (Fsp3) is 0.250. The minimum atomic E-state index is -0.240. The number of fused-ring (bicyclic) bond motifs is 1. The average Bonchev–Trinajstić information content (AvgIpc) is 3.02. The molecule has 4 rings (SSSR count). The molecule has 0 unspecified atom stereocenters. The minimum Gasteiger partial charge on any atom is -0.454 e. The van der Waals surface area contributed by atoms with E-state index in [1.165, 1.54) is 18.6 Å². The topological polar surface area (TPSA) is 93.7 Å². The number of hydrogen-bond donors (Lipinski definition) is 1. The van der Waals surface area contributed by atoms with Crippen LogP contribution in [-0.4, -0.2) is 46.6 Å². The molecule has 1 fully saturated rings. The molecule has 1 N–H and O–H groups in total. The summed E-state index contributed by atoms with van der Waals surface area (Å²) < 4.78 is 10.5. The zero-order chi connectivity index (χ0) is 16.5. The Labute approximate surface area is 137 Å². The highest BCUT2D eigenvalue weighted by Crippen LogP contribution is 2.34. The van der Waals surface area contributed by atoms with Gasteiger partial charge in [-0.25, -0.2) is 4.98 Å². The van der Waals surface area contributed by atoms with Crippen LogP contribution in [0.3, 0.4) is 0 Å². The maximum absolute atomic E-state index is 12.3. The van der Waals surface area contributed by atoms with Gasteiger partial charge in [-0.3, -0.25) is 14.6 Å². The van der Waals surface area contributed by atoms with Crippen LogP contribution < -0.4 is 14.8 Å². The Morgan fingerprint density at radius 2 is 2.00 bits per heavy atom. The smallest absolute Gasteiger partial charge is 0.274 e. The Morgan fingerprint density at radius 1 is 1.17 bits per heavy atom. The first-order valence-electron chi connectivity index (χ1n) is 7.46. The van der Waals surface area contributed by atoms with Crippen molar-refractivity contribution in [2.24, 2.45) is 5.92 Å². The quantitative estimate of drug-likeness (QED) is 0.901. The number of rotatable bonds is 3. The molecule has 2 aromatic rings. The van der Waals surface area contributed by atoms with Crippen LogP contribution in [0, 0.1) is 5.92 Å². The van der Waals surface area contributed by atoms with E-state index in [9.17, 15) is 9.59 Å². The van der Waals surface area contributed by atoms with E-state index in [0.29, 0.717) is 30.3 Å². The van der Waals surface area contributed by atoms with Crippen molar-refractivity contribution in [3.63, 3.8) is 0 Å². The zero-order valence-electron chi connectivity index (χ0n) is 12.6. The SMILES string of the molecule is O=C(Nc1ccc2c(c1)OCO2)C1CN(C(=O)c2cnccn2)C1. The Balaban J connectivity index is 1.34. The normalized spacial score (nSPS) is 15.8. The van der Waals surface area contributed by atoms with Gasteiger partial charge in [-0.2, -0.15) is 0 Å². The molecule has 0 radical (unpaired) electrons. The van der Waals surface area contributed by atoms with Gasteiger partial charge in [0.25, 0.3) is 5.91 Å². The van der Waals surface area contributed by atoms with Crippen LogP contribution >= 0.6 is 0 Å². The number of aromatic nitrogens is 2. The molecule has 0 bridgehead atoms. The van der Waals surface area contributed by atoms with E-state index in [0.717, 1.165) is 0 Å².